The molecule has 0 aromatic carbocycles. The quantitative estimate of drug-likeness (QED) is 0.577. The van der Waals surface area contributed by atoms with Gasteiger partial charge in [-0.3, -0.25) is 4.79 Å². The van der Waals surface area contributed by atoms with Crippen LogP contribution >= 0.6 is 0 Å². The molecule has 4 heteroatoms. The maximum atomic E-state index is 11.7. The molecule has 0 aromatic heterocycles. The summed E-state index contributed by atoms with van der Waals surface area (Å²) in [5, 5.41) is 31.3. The average molecular weight is 421 g/mol. The van der Waals surface area contributed by atoms with Crippen LogP contribution in [0.25, 0.3) is 0 Å². The minimum absolute atomic E-state index is 0.194. The highest BCUT2D eigenvalue weighted by atomic mass is 16.4. The van der Waals surface area contributed by atoms with Crippen molar-refractivity contribution in [2.24, 2.45) is 52.3 Å². The molecule has 4 aliphatic carbocycles. The Morgan fingerprint density at radius 3 is 2.33 bits per heavy atom. The van der Waals surface area contributed by atoms with E-state index in [0.717, 1.165) is 32.1 Å². The van der Waals surface area contributed by atoms with E-state index in [-0.39, 0.29) is 29.5 Å². The van der Waals surface area contributed by atoms with Crippen LogP contribution in [0.2, 0.25) is 0 Å². The van der Waals surface area contributed by atoms with Crippen LogP contribution in [0.5, 0.6) is 0 Å². The Morgan fingerprint density at radius 2 is 1.67 bits per heavy atom. The summed E-state index contributed by atoms with van der Waals surface area (Å²) < 4.78 is 0. The second-order valence-electron chi connectivity index (χ2n) is 12.0. The molecule has 0 spiro atoms. The highest BCUT2D eigenvalue weighted by molar-refractivity contribution is 5.66. The number of carbonyl (C=O) groups is 1. The number of aliphatic hydroxyl groups is 2. The number of aliphatic carboxylic acids is 1. The third kappa shape index (κ3) is 3.36. The average Bonchev–Trinajstić information content (AvgIpc) is 3.05. The van der Waals surface area contributed by atoms with Gasteiger partial charge in [0.15, 0.2) is 0 Å². The maximum Gasteiger partial charge on any atom is 0.303 e. The van der Waals surface area contributed by atoms with E-state index in [1.807, 2.05) is 0 Å². The Bertz CT molecular complexity index is 649. The molecule has 0 aliphatic heterocycles. The van der Waals surface area contributed by atoms with Gasteiger partial charge in [-0.15, -0.1) is 0 Å². The maximum absolute atomic E-state index is 11.7. The lowest BCUT2D eigenvalue weighted by Crippen LogP contribution is -2.62. The van der Waals surface area contributed by atoms with Crippen LogP contribution in [0.4, 0.5) is 0 Å². The fourth-order valence-electron chi connectivity index (χ4n) is 9.48. The van der Waals surface area contributed by atoms with Gasteiger partial charge >= 0.3 is 5.97 Å². The molecule has 0 aromatic rings. The lowest BCUT2D eigenvalue weighted by Gasteiger charge is -2.64. The summed E-state index contributed by atoms with van der Waals surface area (Å²) in [6, 6.07) is 0. The number of carboxylic acid groups (broad SMARTS) is 1. The first-order valence-electron chi connectivity index (χ1n) is 12.7. The second kappa shape index (κ2) is 8.06. The molecule has 30 heavy (non-hydrogen) atoms. The van der Waals surface area contributed by atoms with Gasteiger partial charge in [0.2, 0.25) is 0 Å². The molecule has 0 bridgehead atoms. The van der Waals surface area contributed by atoms with Gasteiger partial charge in [0.25, 0.3) is 0 Å². The van der Waals surface area contributed by atoms with Gasteiger partial charge in [0.1, 0.15) is 0 Å². The second-order valence-corrected chi connectivity index (χ2v) is 12.0. The molecule has 4 fully saturated rings. The van der Waals surface area contributed by atoms with E-state index >= 15 is 0 Å². The summed E-state index contributed by atoms with van der Waals surface area (Å²) in [7, 11) is 0. The molecule has 3 N–H and O–H groups in total. The highest BCUT2D eigenvalue weighted by Gasteiger charge is 2.64. The summed E-state index contributed by atoms with van der Waals surface area (Å²) >= 11 is 0. The largest absolute Gasteiger partial charge is 0.481 e. The standard InChI is InChI=1S/C26H44O4/c1-5-17-21-14-16(27)10-12-26(21,4)20-11-13-25(3)18(15(2)6-9-22(28)29)7-8-19(25)23(20)24(17)30/h15-21,23-24,27,30H,5-14H2,1-4H3,(H,28,29)/t15-,16-,17-,18+,19+,20+,21+,23+,24-,25-,26-/m1/s1. The highest BCUT2D eigenvalue weighted by Crippen LogP contribution is 2.69. The molecule has 0 heterocycles. The zero-order chi connectivity index (χ0) is 21.8. The normalized spacial score (nSPS) is 51.5. The van der Waals surface area contributed by atoms with Gasteiger partial charge < -0.3 is 15.3 Å². The number of fused-ring (bicyclic) bond motifs is 5. The summed E-state index contributed by atoms with van der Waals surface area (Å²) in [5.74, 6) is 2.58. The Labute approximate surface area is 182 Å². The van der Waals surface area contributed by atoms with E-state index in [9.17, 15) is 15.0 Å². The monoisotopic (exact) mass is 420 g/mol. The molecule has 4 saturated carbocycles. The van der Waals surface area contributed by atoms with Gasteiger partial charge in [-0.2, -0.15) is 0 Å². The van der Waals surface area contributed by atoms with Gasteiger partial charge in [-0.25, -0.2) is 0 Å². The molecular formula is C26H44O4. The van der Waals surface area contributed by atoms with Crippen LogP contribution in [0.15, 0.2) is 0 Å². The molecule has 4 nitrogen and oxygen atoms in total. The van der Waals surface area contributed by atoms with Gasteiger partial charge in [-0.1, -0.05) is 34.1 Å². The van der Waals surface area contributed by atoms with Crippen molar-refractivity contribution in [3.05, 3.63) is 0 Å². The Kier molecular flexibility index (Phi) is 6.07. The van der Waals surface area contributed by atoms with Crippen molar-refractivity contribution in [1.29, 1.82) is 0 Å². The summed E-state index contributed by atoms with van der Waals surface area (Å²) in [6.07, 6.45) is 9.27. The Morgan fingerprint density at radius 1 is 1.00 bits per heavy atom. The van der Waals surface area contributed by atoms with Crippen molar-refractivity contribution in [2.45, 2.75) is 104 Å². The summed E-state index contributed by atoms with van der Waals surface area (Å²) in [4.78, 5) is 11.1. The molecule has 0 unspecified atom stereocenters. The third-order valence-electron chi connectivity index (χ3n) is 11.0. The topological polar surface area (TPSA) is 77.8 Å². The zero-order valence-electron chi connectivity index (χ0n) is 19.5. The van der Waals surface area contributed by atoms with Crippen molar-refractivity contribution >= 4 is 5.97 Å². The predicted octanol–water partition coefficient (Wildman–Crippen LogP) is 5.11. The first-order valence-corrected chi connectivity index (χ1v) is 12.7. The predicted molar refractivity (Wildman–Crippen MR) is 118 cm³/mol. The first kappa shape index (κ1) is 22.6. The summed E-state index contributed by atoms with van der Waals surface area (Å²) in [5.41, 5.74) is 0.480. The van der Waals surface area contributed by atoms with E-state index in [4.69, 9.17) is 5.11 Å². The van der Waals surface area contributed by atoms with Crippen LogP contribution in [0.3, 0.4) is 0 Å². The van der Waals surface area contributed by atoms with Crippen molar-refractivity contribution in [1.82, 2.24) is 0 Å². The lowest BCUT2D eigenvalue weighted by atomic mass is 9.41. The van der Waals surface area contributed by atoms with Gasteiger partial charge in [0.05, 0.1) is 12.2 Å². The van der Waals surface area contributed by atoms with Crippen molar-refractivity contribution in [3.8, 4) is 0 Å². The number of hydrogen-bond donors (Lipinski definition) is 3. The SMILES string of the molecule is CC[C@H]1[C@@H](O)[C@@H]2[C@H](CC[C@@]3(C)[C@H]2CC[C@H]3[C@H](C)CCC(=O)O)[C@@]2(C)CC[C@@H](O)C[C@@H]12. The third-order valence-corrected chi connectivity index (χ3v) is 11.0. The van der Waals surface area contributed by atoms with E-state index in [1.54, 1.807) is 0 Å². The van der Waals surface area contributed by atoms with Crippen LogP contribution in [-0.4, -0.2) is 33.5 Å². The molecular weight excluding hydrogens is 376 g/mol. The smallest absolute Gasteiger partial charge is 0.303 e. The van der Waals surface area contributed by atoms with E-state index in [1.165, 1.54) is 25.7 Å². The van der Waals surface area contributed by atoms with Crippen LogP contribution in [0.1, 0.15) is 91.9 Å². The molecule has 4 aliphatic rings. The fourth-order valence-corrected chi connectivity index (χ4v) is 9.48. The van der Waals surface area contributed by atoms with Crippen molar-refractivity contribution in [2.75, 3.05) is 0 Å². The fraction of sp³-hybridized carbons (Fsp3) is 0.962. The summed E-state index contributed by atoms with van der Waals surface area (Å²) in [6.45, 7) is 9.44. The Hall–Kier alpha value is -0.610. The number of rotatable bonds is 5. The molecule has 4 rings (SSSR count). The van der Waals surface area contributed by atoms with Crippen LogP contribution in [-0.2, 0) is 4.79 Å². The Balaban J connectivity index is 1.61. The minimum Gasteiger partial charge on any atom is -0.481 e. The minimum atomic E-state index is -0.683. The molecule has 172 valence electrons. The molecule has 0 saturated heterocycles. The zero-order valence-corrected chi connectivity index (χ0v) is 19.5. The van der Waals surface area contributed by atoms with E-state index < -0.39 is 5.97 Å². The van der Waals surface area contributed by atoms with E-state index in [0.29, 0.717) is 41.4 Å². The molecule has 0 radical (unpaired) electrons. The molecule has 0 amide bonds. The van der Waals surface area contributed by atoms with E-state index in [2.05, 4.69) is 27.7 Å². The number of hydrogen-bond acceptors (Lipinski definition) is 3. The number of aliphatic hydroxyl groups excluding tert-OH is 2. The van der Waals surface area contributed by atoms with Gasteiger partial charge in [-0.05, 0) is 104 Å². The van der Waals surface area contributed by atoms with Crippen molar-refractivity contribution < 1.29 is 20.1 Å². The van der Waals surface area contributed by atoms with Crippen molar-refractivity contribution in [3.63, 3.8) is 0 Å². The lowest BCUT2D eigenvalue weighted by molar-refractivity contribution is -0.203. The number of carboxylic acids is 1. The first-order chi connectivity index (χ1) is 14.1. The van der Waals surface area contributed by atoms with Crippen LogP contribution in [0, 0.1) is 52.3 Å². The van der Waals surface area contributed by atoms with Gasteiger partial charge in [0, 0.05) is 6.42 Å². The molecule has 11 atom stereocenters. The van der Waals surface area contributed by atoms with Crippen LogP contribution < -0.4 is 0 Å².